The number of aliphatic hydroxyl groups is 1. The molecule has 0 spiro atoms. The molecule has 0 saturated carbocycles. The number of rotatable bonds is 7. The third-order valence-corrected chi connectivity index (χ3v) is 4.11. The molecule has 1 unspecified atom stereocenters. The van der Waals surface area contributed by atoms with E-state index in [1.54, 1.807) is 30.3 Å². The molecule has 3 N–H and O–H groups in total. The second kappa shape index (κ2) is 9.61. The van der Waals surface area contributed by atoms with E-state index in [4.69, 9.17) is 9.47 Å². The summed E-state index contributed by atoms with van der Waals surface area (Å²) in [6.07, 6.45) is -0.927. The molecule has 2 rings (SSSR count). The Morgan fingerprint density at radius 2 is 1.71 bits per heavy atom. The Balaban J connectivity index is 1.92. The van der Waals surface area contributed by atoms with Gasteiger partial charge >= 0.3 is 11.8 Å². The Labute approximate surface area is 164 Å². The lowest BCUT2D eigenvalue weighted by Crippen LogP contribution is -2.37. The first-order valence-corrected chi connectivity index (χ1v) is 8.62. The molecule has 2 aromatic rings. The standard InChI is InChI=1S/C20H25N3O5/c1-23(2)14-7-5-13(6-8-14)17(24)12-21-19(25)20(26)22-16-10-9-15(27-3)11-18(16)28-4/h5-11,17,24H,12H2,1-4H3,(H,21,25)(H,22,26). The molecule has 0 fully saturated rings. The lowest BCUT2D eigenvalue weighted by molar-refractivity contribution is -0.136. The maximum absolute atomic E-state index is 12.1. The normalized spacial score (nSPS) is 11.3. The van der Waals surface area contributed by atoms with Crippen molar-refractivity contribution < 1.29 is 24.2 Å². The predicted octanol–water partition coefficient (Wildman–Crippen LogP) is 1.56. The lowest BCUT2D eigenvalue weighted by atomic mass is 10.1. The number of amides is 2. The maximum Gasteiger partial charge on any atom is 0.313 e. The molecule has 0 bridgehead atoms. The Morgan fingerprint density at radius 3 is 2.29 bits per heavy atom. The zero-order chi connectivity index (χ0) is 20.7. The van der Waals surface area contributed by atoms with Crippen molar-refractivity contribution in [1.82, 2.24) is 5.32 Å². The van der Waals surface area contributed by atoms with Crippen LogP contribution in [0.4, 0.5) is 11.4 Å². The van der Waals surface area contributed by atoms with E-state index in [1.165, 1.54) is 14.2 Å². The first-order chi connectivity index (χ1) is 13.3. The molecule has 0 aliphatic rings. The summed E-state index contributed by atoms with van der Waals surface area (Å²) < 4.78 is 10.3. The molecule has 0 saturated heterocycles. The summed E-state index contributed by atoms with van der Waals surface area (Å²) in [7, 11) is 6.80. The fraction of sp³-hybridized carbons (Fsp3) is 0.300. The van der Waals surface area contributed by atoms with Crippen LogP contribution >= 0.6 is 0 Å². The third kappa shape index (κ3) is 5.37. The second-order valence-corrected chi connectivity index (χ2v) is 6.23. The van der Waals surface area contributed by atoms with Crippen molar-refractivity contribution in [2.75, 3.05) is 45.1 Å². The van der Waals surface area contributed by atoms with Crippen LogP contribution in [0.3, 0.4) is 0 Å². The summed E-state index contributed by atoms with van der Waals surface area (Å²) in [4.78, 5) is 26.1. The van der Waals surface area contributed by atoms with Crippen LogP contribution in [0.25, 0.3) is 0 Å². The predicted molar refractivity (Wildman–Crippen MR) is 107 cm³/mol. The van der Waals surface area contributed by atoms with Crippen LogP contribution in [0.2, 0.25) is 0 Å². The van der Waals surface area contributed by atoms with E-state index in [-0.39, 0.29) is 6.54 Å². The smallest absolute Gasteiger partial charge is 0.313 e. The number of nitrogens with one attached hydrogen (secondary N) is 2. The molecule has 2 amide bonds. The number of methoxy groups -OCH3 is 2. The zero-order valence-electron chi connectivity index (χ0n) is 16.4. The highest BCUT2D eigenvalue weighted by molar-refractivity contribution is 6.39. The summed E-state index contributed by atoms with van der Waals surface area (Å²) in [5.74, 6) is -0.801. The van der Waals surface area contributed by atoms with Gasteiger partial charge in [0, 0.05) is 32.4 Å². The molecule has 1 atom stereocenters. The topological polar surface area (TPSA) is 100 Å². The lowest BCUT2D eigenvalue weighted by Gasteiger charge is -2.16. The average molecular weight is 387 g/mol. The molecule has 0 heterocycles. The number of hydrogen-bond acceptors (Lipinski definition) is 6. The number of hydrogen-bond donors (Lipinski definition) is 3. The van der Waals surface area contributed by atoms with Gasteiger partial charge < -0.3 is 30.1 Å². The van der Waals surface area contributed by atoms with Crippen molar-refractivity contribution in [1.29, 1.82) is 0 Å². The SMILES string of the molecule is COc1ccc(NC(=O)C(=O)NCC(O)c2ccc(N(C)C)cc2)c(OC)c1. The van der Waals surface area contributed by atoms with Gasteiger partial charge in [-0.3, -0.25) is 9.59 Å². The average Bonchev–Trinajstić information content (AvgIpc) is 2.71. The molecule has 8 nitrogen and oxygen atoms in total. The van der Waals surface area contributed by atoms with Gasteiger partial charge in [0.2, 0.25) is 0 Å². The van der Waals surface area contributed by atoms with Crippen molar-refractivity contribution in [3.8, 4) is 11.5 Å². The van der Waals surface area contributed by atoms with Gasteiger partial charge in [-0.05, 0) is 29.8 Å². The Morgan fingerprint density at radius 1 is 1.04 bits per heavy atom. The summed E-state index contributed by atoms with van der Waals surface area (Å²) in [6, 6.07) is 12.1. The summed E-state index contributed by atoms with van der Waals surface area (Å²) >= 11 is 0. The molecule has 0 aliphatic heterocycles. The van der Waals surface area contributed by atoms with E-state index in [9.17, 15) is 14.7 Å². The van der Waals surface area contributed by atoms with Crippen LogP contribution in [0.15, 0.2) is 42.5 Å². The van der Waals surface area contributed by atoms with Crippen molar-refractivity contribution in [2.45, 2.75) is 6.10 Å². The molecular formula is C20H25N3O5. The maximum atomic E-state index is 12.1. The van der Waals surface area contributed by atoms with Crippen molar-refractivity contribution in [3.05, 3.63) is 48.0 Å². The van der Waals surface area contributed by atoms with Crippen molar-refractivity contribution >= 4 is 23.2 Å². The molecule has 2 aromatic carbocycles. The van der Waals surface area contributed by atoms with Gasteiger partial charge in [-0.15, -0.1) is 0 Å². The summed E-state index contributed by atoms with van der Waals surface area (Å²) in [5.41, 5.74) is 1.97. The van der Waals surface area contributed by atoms with Crippen LogP contribution in [-0.2, 0) is 9.59 Å². The molecule has 150 valence electrons. The molecule has 28 heavy (non-hydrogen) atoms. The van der Waals surface area contributed by atoms with Crippen LogP contribution < -0.4 is 25.0 Å². The number of ether oxygens (including phenoxy) is 2. The second-order valence-electron chi connectivity index (χ2n) is 6.23. The van der Waals surface area contributed by atoms with E-state index < -0.39 is 17.9 Å². The molecule has 8 heteroatoms. The van der Waals surface area contributed by atoms with Crippen LogP contribution in [0.1, 0.15) is 11.7 Å². The van der Waals surface area contributed by atoms with E-state index in [2.05, 4.69) is 10.6 Å². The third-order valence-electron chi connectivity index (χ3n) is 4.11. The van der Waals surface area contributed by atoms with Crippen LogP contribution in [0, 0.1) is 0 Å². The number of aliphatic hydroxyl groups excluding tert-OH is 1. The minimum atomic E-state index is -0.927. The van der Waals surface area contributed by atoms with E-state index in [1.807, 2.05) is 31.1 Å². The van der Waals surface area contributed by atoms with Gasteiger partial charge in [0.1, 0.15) is 11.5 Å². The highest BCUT2D eigenvalue weighted by Gasteiger charge is 2.18. The molecular weight excluding hydrogens is 362 g/mol. The monoisotopic (exact) mass is 387 g/mol. The largest absolute Gasteiger partial charge is 0.497 e. The Kier molecular flexibility index (Phi) is 7.22. The van der Waals surface area contributed by atoms with E-state index in [0.29, 0.717) is 22.7 Å². The van der Waals surface area contributed by atoms with Gasteiger partial charge in [0.05, 0.1) is 26.0 Å². The highest BCUT2D eigenvalue weighted by atomic mass is 16.5. The minimum Gasteiger partial charge on any atom is -0.497 e. The number of carbonyl (C=O) groups excluding carboxylic acids is 2. The quantitative estimate of drug-likeness (QED) is 0.624. The van der Waals surface area contributed by atoms with E-state index >= 15 is 0 Å². The first-order valence-electron chi connectivity index (χ1n) is 8.62. The Hall–Kier alpha value is -3.26. The highest BCUT2D eigenvalue weighted by Crippen LogP contribution is 2.28. The summed E-state index contributed by atoms with van der Waals surface area (Å²) in [5, 5.41) is 15.1. The van der Waals surface area contributed by atoms with Crippen LogP contribution in [-0.4, -0.2) is 51.8 Å². The summed E-state index contributed by atoms with van der Waals surface area (Å²) in [6.45, 7) is -0.0900. The number of anilines is 2. The fourth-order valence-electron chi connectivity index (χ4n) is 2.46. The number of nitrogens with zero attached hydrogens (tertiary/aromatic N) is 1. The van der Waals surface area contributed by atoms with Gasteiger partial charge in [-0.2, -0.15) is 0 Å². The number of carbonyl (C=O) groups is 2. The van der Waals surface area contributed by atoms with Crippen LogP contribution in [0.5, 0.6) is 11.5 Å². The molecule has 0 radical (unpaired) electrons. The fourth-order valence-corrected chi connectivity index (χ4v) is 2.46. The van der Waals surface area contributed by atoms with Gasteiger partial charge in [-0.1, -0.05) is 12.1 Å². The zero-order valence-corrected chi connectivity index (χ0v) is 16.4. The molecule has 0 aliphatic carbocycles. The van der Waals surface area contributed by atoms with Gasteiger partial charge in [0.15, 0.2) is 0 Å². The van der Waals surface area contributed by atoms with Crippen molar-refractivity contribution in [2.24, 2.45) is 0 Å². The minimum absolute atomic E-state index is 0.0900. The first kappa shape index (κ1) is 21.0. The van der Waals surface area contributed by atoms with Gasteiger partial charge in [0.25, 0.3) is 0 Å². The molecule has 0 aromatic heterocycles. The van der Waals surface area contributed by atoms with Gasteiger partial charge in [-0.25, -0.2) is 0 Å². The Bertz CT molecular complexity index is 821. The number of benzene rings is 2. The van der Waals surface area contributed by atoms with E-state index in [0.717, 1.165) is 5.69 Å². The van der Waals surface area contributed by atoms with Crippen molar-refractivity contribution in [3.63, 3.8) is 0 Å².